The van der Waals surface area contributed by atoms with Gasteiger partial charge in [0.25, 0.3) is 5.91 Å². The number of methoxy groups -OCH3 is 1. The molecule has 1 N–H and O–H groups in total. The zero-order chi connectivity index (χ0) is 13.2. The summed E-state index contributed by atoms with van der Waals surface area (Å²) in [5.41, 5.74) is 0. The Morgan fingerprint density at radius 3 is 2.94 bits per heavy atom. The number of rotatable bonds is 4. The van der Waals surface area contributed by atoms with E-state index in [0.29, 0.717) is 11.5 Å². The van der Waals surface area contributed by atoms with Gasteiger partial charge in [-0.05, 0) is 18.2 Å². The molecule has 0 bridgehead atoms. The molecule has 1 aromatic heterocycles. The van der Waals surface area contributed by atoms with Crippen LogP contribution in [0.3, 0.4) is 0 Å². The molecule has 1 atom stereocenters. The van der Waals surface area contributed by atoms with Gasteiger partial charge in [-0.3, -0.25) is 4.79 Å². The molecule has 0 radical (unpaired) electrons. The third kappa shape index (κ3) is 3.18. The Balaban J connectivity index is 1.98. The first-order valence-electron chi connectivity index (χ1n) is 5.29. The number of carbonyl (C=O) groups excluding carboxylic acids is 1. The normalized spacial score (nSPS) is 21.1. The van der Waals surface area contributed by atoms with Crippen LogP contribution in [0.2, 0.25) is 0 Å². The minimum Gasteiger partial charge on any atom is -0.379 e. The Kier molecular flexibility index (Phi) is 3.84. The lowest BCUT2D eigenvalue weighted by Crippen LogP contribution is -2.35. The molecule has 0 fully saturated rings. The van der Waals surface area contributed by atoms with Crippen LogP contribution in [0.5, 0.6) is 0 Å². The van der Waals surface area contributed by atoms with Gasteiger partial charge in [0.2, 0.25) is 0 Å². The average Bonchev–Trinajstić information content (AvgIpc) is 2.86. The van der Waals surface area contributed by atoms with Crippen LogP contribution in [0.25, 0.3) is 0 Å². The molecule has 1 aromatic rings. The van der Waals surface area contributed by atoms with Crippen molar-refractivity contribution in [3.8, 4) is 0 Å². The lowest BCUT2D eigenvalue weighted by Gasteiger charge is -2.08. The van der Waals surface area contributed by atoms with Crippen LogP contribution >= 0.6 is 11.3 Å². The first-order chi connectivity index (χ1) is 8.50. The van der Waals surface area contributed by atoms with Crippen molar-refractivity contribution in [1.29, 1.82) is 0 Å². The fourth-order valence-corrected chi connectivity index (χ4v) is 3.74. The van der Waals surface area contributed by atoms with Crippen LogP contribution in [-0.2, 0) is 21.2 Å². The maximum atomic E-state index is 11.9. The van der Waals surface area contributed by atoms with Gasteiger partial charge in [0.05, 0.1) is 23.3 Å². The minimum absolute atomic E-state index is 0.0605. The summed E-state index contributed by atoms with van der Waals surface area (Å²) < 4.78 is 27.4. The van der Waals surface area contributed by atoms with Crippen molar-refractivity contribution in [2.45, 2.75) is 12.6 Å². The molecule has 1 aliphatic heterocycles. The highest BCUT2D eigenvalue weighted by atomic mass is 32.2. The summed E-state index contributed by atoms with van der Waals surface area (Å²) in [7, 11) is -1.55. The summed E-state index contributed by atoms with van der Waals surface area (Å²) in [5, 5.41) is 3.81. The summed E-state index contributed by atoms with van der Waals surface area (Å²) in [4.78, 5) is 13.4. The van der Waals surface area contributed by atoms with Crippen molar-refractivity contribution < 1.29 is 17.9 Å². The number of hydrogen-bond acceptors (Lipinski definition) is 5. The Hall–Kier alpha value is -1.18. The molecule has 1 unspecified atom stereocenters. The average molecular weight is 287 g/mol. The number of thiophene rings is 1. The first kappa shape index (κ1) is 13.3. The van der Waals surface area contributed by atoms with Crippen LogP contribution in [-0.4, -0.2) is 33.2 Å². The van der Waals surface area contributed by atoms with Crippen molar-refractivity contribution in [1.82, 2.24) is 5.32 Å². The van der Waals surface area contributed by atoms with Crippen LogP contribution < -0.4 is 5.32 Å². The van der Waals surface area contributed by atoms with Gasteiger partial charge in [0.1, 0.15) is 0 Å². The SMILES string of the molecule is COCc1ccc(C(=O)NC2C=CS(=O)(=O)C2)s1. The monoisotopic (exact) mass is 287 g/mol. The Bertz CT molecular complexity index is 574. The first-order valence-corrected chi connectivity index (χ1v) is 7.83. The van der Waals surface area contributed by atoms with Gasteiger partial charge >= 0.3 is 0 Å². The van der Waals surface area contributed by atoms with E-state index in [1.807, 2.05) is 6.07 Å². The highest BCUT2D eigenvalue weighted by Crippen LogP contribution is 2.18. The highest BCUT2D eigenvalue weighted by Gasteiger charge is 2.23. The second kappa shape index (κ2) is 5.21. The van der Waals surface area contributed by atoms with Gasteiger partial charge in [0, 0.05) is 17.4 Å². The van der Waals surface area contributed by atoms with E-state index in [-0.39, 0.29) is 11.7 Å². The van der Waals surface area contributed by atoms with Gasteiger partial charge in [-0.2, -0.15) is 0 Å². The molecule has 1 aliphatic rings. The largest absolute Gasteiger partial charge is 0.379 e. The number of amides is 1. The molecule has 0 aromatic carbocycles. The molecule has 0 saturated heterocycles. The van der Waals surface area contributed by atoms with E-state index < -0.39 is 15.9 Å². The molecule has 2 heterocycles. The van der Waals surface area contributed by atoms with Gasteiger partial charge in [-0.1, -0.05) is 0 Å². The lowest BCUT2D eigenvalue weighted by atomic mass is 10.3. The third-order valence-electron chi connectivity index (χ3n) is 2.42. The topological polar surface area (TPSA) is 72.5 Å². The van der Waals surface area contributed by atoms with Gasteiger partial charge in [-0.15, -0.1) is 11.3 Å². The van der Waals surface area contributed by atoms with E-state index in [2.05, 4.69) is 5.32 Å². The fourth-order valence-electron chi connectivity index (χ4n) is 1.63. The second-order valence-electron chi connectivity index (χ2n) is 3.94. The van der Waals surface area contributed by atoms with Crippen molar-refractivity contribution in [2.75, 3.05) is 12.9 Å². The molecule has 2 rings (SSSR count). The fraction of sp³-hybridized carbons (Fsp3) is 0.364. The van der Waals surface area contributed by atoms with E-state index in [1.54, 1.807) is 13.2 Å². The molecule has 7 heteroatoms. The predicted octanol–water partition coefficient (Wildman–Crippen LogP) is 0.935. The second-order valence-corrected chi connectivity index (χ2v) is 7.04. The highest BCUT2D eigenvalue weighted by molar-refractivity contribution is 7.94. The standard InChI is InChI=1S/C11H13NO4S2/c1-16-6-9-2-3-10(17-9)11(13)12-8-4-5-18(14,15)7-8/h2-5,8H,6-7H2,1H3,(H,12,13). The van der Waals surface area contributed by atoms with Gasteiger partial charge < -0.3 is 10.1 Å². The summed E-state index contributed by atoms with van der Waals surface area (Å²) in [6.45, 7) is 0.468. The minimum atomic E-state index is -3.14. The molecule has 5 nitrogen and oxygen atoms in total. The Labute approximate surface area is 109 Å². The van der Waals surface area contributed by atoms with E-state index in [1.165, 1.54) is 17.4 Å². The van der Waals surface area contributed by atoms with Gasteiger partial charge in [-0.25, -0.2) is 8.42 Å². The molecular formula is C11H13NO4S2. The zero-order valence-corrected chi connectivity index (χ0v) is 11.4. The molecular weight excluding hydrogens is 274 g/mol. The third-order valence-corrected chi connectivity index (χ3v) is 4.87. The van der Waals surface area contributed by atoms with Crippen molar-refractivity contribution in [2.24, 2.45) is 0 Å². The van der Waals surface area contributed by atoms with Gasteiger partial charge in [0.15, 0.2) is 9.84 Å². The van der Waals surface area contributed by atoms with E-state index in [0.717, 1.165) is 10.3 Å². The maximum absolute atomic E-state index is 11.9. The molecule has 0 aliphatic carbocycles. The van der Waals surface area contributed by atoms with Crippen LogP contribution in [0.4, 0.5) is 0 Å². The quantitative estimate of drug-likeness (QED) is 0.894. The molecule has 0 saturated carbocycles. The van der Waals surface area contributed by atoms with Crippen LogP contribution in [0.15, 0.2) is 23.6 Å². The smallest absolute Gasteiger partial charge is 0.261 e. The number of carbonyl (C=O) groups is 1. The molecule has 98 valence electrons. The van der Waals surface area contributed by atoms with E-state index in [9.17, 15) is 13.2 Å². The molecule has 0 spiro atoms. The summed E-state index contributed by atoms with van der Waals surface area (Å²) in [5.74, 6) is -0.316. The molecule has 18 heavy (non-hydrogen) atoms. The summed E-state index contributed by atoms with van der Waals surface area (Å²) in [6, 6.07) is 3.10. The Morgan fingerprint density at radius 2 is 2.33 bits per heavy atom. The lowest BCUT2D eigenvalue weighted by molar-refractivity contribution is 0.0952. The predicted molar refractivity (Wildman–Crippen MR) is 69.2 cm³/mol. The van der Waals surface area contributed by atoms with Crippen molar-refractivity contribution in [3.05, 3.63) is 33.4 Å². The number of ether oxygens (including phenoxy) is 1. The Morgan fingerprint density at radius 1 is 1.56 bits per heavy atom. The number of sulfone groups is 1. The van der Waals surface area contributed by atoms with E-state index in [4.69, 9.17) is 4.74 Å². The zero-order valence-electron chi connectivity index (χ0n) is 9.75. The molecule has 1 amide bonds. The summed E-state index contributed by atoms with van der Waals surface area (Å²) in [6.07, 6.45) is 1.50. The summed E-state index contributed by atoms with van der Waals surface area (Å²) >= 11 is 1.34. The number of hydrogen-bond donors (Lipinski definition) is 1. The maximum Gasteiger partial charge on any atom is 0.261 e. The number of nitrogens with one attached hydrogen (secondary N) is 1. The van der Waals surface area contributed by atoms with Crippen LogP contribution in [0.1, 0.15) is 14.5 Å². The van der Waals surface area contributed by atoms with Crippen molar-refractivity contribution in [3.63, 3.8) is 0 Å². The van der Waals surface area contributed by atoms with E-state index >= 15 is 0 Å². The van der Waals surface area contributed by atoms with Crippen LogP contribution in [0, 0.1) is 0 Å². The van der Waals surface area contributed by atoms with Crippen molar-refractivity contribution >= 4 is 27.1 Å².